The molecule has 0 aromatic heterocycles. The normalized spacial score (nSPS) is 22.1. The number of hydrogen-bond donors (Lipinski definition) is 0. The molecule has 2 nitrogen and oxygen atoms in total. The highest BCUT2D eigenvalue weighted by Gasteiger charge is 2.30. The molecule has 1 rings (SSSR count). The molecular formula is C15H24O2. The number of ether oxygens (including phenoxy) is 1. The third-order valence-electron chi connectivity index (χ3n) is 3.55. The van der Waals surface area contributed by atoms with E-state index >= 15 is 0 Å². The molecule has 0 aromatic carbocycles. The van der Waals surface area contributed by atoms with Gasteiger partial charge in [-0.2, -0.15) is 0 Å². The maximum absolute atomic E-state index is 11.7. The highest BCUT2D eigenvalue weighted by molar-refractivity contribution is 5.70. The molecule has 0 N–H and O–H groups in total. The lowest BCUT2D eigenvalue weighted by Gasteiger charge is -2.32. The molecule has 0 radical (unpaired) electrons. The first kappa shape index (κ1) is 14.0. The summed E-state index contributed by atoms with van der Waals surface area (Å²) >= 11 is 0. The van der Waals surface area contributed by atoms with Crippen LogP contribution in [0.2, 0.25) is 0 Å². The van der Waals surface area contributed by atoms with E-state index in [0.29, 0.717) is 6.42 Å². The number of unbranched alkanes of at least 4 members (excludes halogenated alkanes) is 2. The van der Waals surface area contributed by atoms with Gasteiger partial charge in [0.2, 0.25) is 0 Å². The SMILES string of the molecule is CCCCCC(=O)OC1=CC=CC(C)(C)C1C. The predicted octanol–water partition coefficient (Wildman–Crippen LogP) is 4.23. The first-order chi connectivity index (χ1) is 7.97. The van der Waals surface area contributed by atoms with Gasteiger partial charge in [0, 0.05) is 12.3 Å². The van der Waals surface area contributed by atoms with Crippen molar-refractivity contribution in [2.45, 2.75) is 53.4 Å². The minimum atomic E-state index is -0.0948. The second kappa shape index (κ2) is 6.04. The highest BCUT2D eigenvalue weighted by Crippen LogP contribution is 2.37. The van der Waals surface area contributed by atoms with Crippen molar-refractivity contribution in [3.63, 3.8) is 0 Å². The van der Waals surface area contributed by atoms with E-state index < -0.39 is 0 Å². The summed E-state index contributed by atoms with van der Waals surface area (Å²) in [6, 6.07) is 0. The van der Waals surface area contributed by atoms with Gasteiger partial charge in [-0.1, -0.05) is 52.7 Å². The quantitative estimate of drug-likeness (QED) is 0.527. The zero-order valence-corrected chi connectivity index (χ0v) is 11.5. The Morgan fingerprint density at radius 3 is 2.76 bits per heavy atom. The summed E-state index contributed by atoms with van der Waals surface area (Å²) in [5, 5.41) is 0. The van der Waals surface area contributed by atoms with Crippen molar-refractivity contribution in [1.82, 2.24) is 0 Å². The number of hydrogen-bond acceptors (Lipinski definition) is 2. The fraction of sp³-hybridized carbons (Fsp3) is 0.667. The van der Waals surface area contributed by atoms with Gasteiger partial charge < -0.3 is 4.74 Å². The van der Waals surface area contributed by atoms with Crippen LogP contribution in [-0.4, -0.2) is 5.97 Å². The van der Waals surface area contributed by atoms with Crippen molar-refractivity contribution in [3.05, 3.63) is 24.0 Å². The van der Waals surface area contributed by atoms with Gasteiger partial charge in [0.1, 0.15) is 5.76 Å². The number of carbonyl (C=O) groups is 1. The van der Waals surface area contributed by atoms with Gasteiger partial charge in [0.15, 0.2) is 0 Å². The van der Waals surface area contributed by atoms with Gasteiger partial charge in [-0.15, -0.1) is 0 Å². The predicted molar refractivity (Wildman–Crippen MR) is 70.4 cm³/mol. The molecule has 2 heteroatoms. The zero-order chi connectivity index (χ0) is 12.9. The summed E-state index contributed by atoms with van der Waals surface area (Å²) in [5.74, 6) is 0.962. The van der Waals surface area contributed by atoms with Gasteiger partial charge >= 0.3 is 5.97 Å². The molecule has 1 aliphatic carbocycles. The fourth-order valence-corrected chi connectivity index (χ4v) is 1.87. The molecule has 1 unspecified atom stereocenters. The molecule has 17 heavy (non-hydrogen) atoms. The Kier molecular flexibility index (Phi) is 4.98. The third-order valence-corrected chi connectivity index (χ3v) is 3.55. The number of carbonyl (C=O) groups excluding carboxylic acids is 1. The van der Waals surface area contributed by atoms with Gasteiger partial charge in [0.05, 0.1) is 0 Å². The Labute approximate surface area is 105 Å². The van der Waals surface area contributed by atoms with E-state index in [0.717, 1.165) is 25.0 Å². The Bertz CT molecular complexity index is 324. The van der Waals surface area contributed by atoms with Crippen molar-refractivity contribution >= 4 is 5.97 Å². The van der Waals surface area contributed by atoms with Crippen LogP contribution >= 0.6 is 0 Å². The molecule has 0 bridgehead atoms. The van der Waals surface area contributed by atoms with Crippen LogP contribution in [0.25, 0.3) is 0 Å². The number of allylic oxidation sites excluding steroid dienone is 4. The zero-order valence-electron chi connectivity index (χ0n) is 11.5. The molecule has 0 saturated carbocycles. The van der Waals surface area contributed by atoms with Crippen LogP contribution < -0.4 is 0 Å². The maximum atomic E-state index is 11.7. The molecule has 0 aliphatic heterocycles. The van der Waals surface area contributed by atoms with Crippen molar-refractivity contribution in [2.24, 2.45) is 11.3 Å². The Morgan fingerprint density at radius 1 is 1.41 bits per heavy atom. The second-order valence-electron chi connectivity index (χ2n) is 5.40. The summed E-state index contributed by atoms with van der Waals surface area (Å²) in [6.45, 7) is 8.55. The molecule has 0 fully saturated rings. The van der Waals surface area contributed by atoms with Crippen LogP contribution in [0.4, 0.5) is 0 Å². The minimum Gasteiger partial charge on any atom is -0.431 e. The van der Waals surface area contributed by atoms with Crippen molar-refractivity contribution in [3.8, 4) is 0 Å². The summed E-state index contributed by atoms with van der Waals surface area (Å²) in [6.07, 6.45) is 9.73. The van der Waals surface area contributed by atoms with Gasteiger partial charge in [-0.25, -0.2) is 0 Å². The monoisotopic (exact) mass is 236 g/mol. The van der Waals surface area contributed by atoms with E-state index in [1.807, 2.05) is 12.2 Å². The molecule has 0 saturated heterocycles. The Hall–Kier alpha value is -1.05. The first-order valence-electron chi connectivity index (χ1n) is 6.57. The van der Waals surface area contributed by atoms with E-state index in [2.05, 4.69) is 33.8 Å². The largest absolute Gasteiger partial charge is 0.431 e. The Balaban J connectivity index is 2.49. The second-order valence-corrected chi connectivity index (χ2v) is 5.40. The average Bonchev–Trinajstić information content (AvgIpc) is 2.25. The molecular weight excluding hydrogens is 212 g/mol. The number of esters is 1. The molecule has 96 valence electrons. The van der Waals surface area contributed by atoms with Crippen molar-refractivity contribution < 1.29 is 9.53 Å². The van der Waals surface area contributed by atoms with Crippen molar-refractivity contribution in [2.75, 3.05) is 0 Å². The smallest absolute Gasteiger partial charge is 0.310 e. The van der Waals surface area contributed by atoms with E-state index in [9.17, 15) is 4.79 Å². The van der Waals surface area contributed by atoms with Gasteiger partial charge in [0.25, 0.3) is 0 Å². The summed E-state index contributed by atoms with van der Waals surface area (Å²) in [5.41, 5.74) is 0.0633. The van der Waals surface area contributed by atoms with Gasteiger partial charge in [-0.05, 0) is 17.9 Å². The third kappa shape index (κ3) is 4.03. The van der Waals surface area contributed by atoms with Crippen LogP contribution in [-0.2, 0) is 9.53 Å². The standard InChI is InChI=1S/C15H24O2/c1-5-6-7-10-14(16)17-13-9-8-11-15(3,4)12(13)2/h8-9,11-12H,5-7,10H2,1-4H3. The first-order valence-corrected chi connectivity index (χ1v) is 6.57. The molecule has 1 aliphatic rings. The number of rotatable bonds is 5. The lowest BCUT2D eigenvalue weighted by molar-refractivity contribution is -0.140. The van der Waals surface area contributed by atoms with Crippen LogP contribution in [0.5, 0.6) is 0 Å². The summed E-state index contributed by atoms with van der Waals surface area (Å²) < 4.78 is 5.46. The van der Waals surface area contributed by atoms with E-state index in [1.54, 1.807) is 0 Å². The van der Waals surface area contributed by atoms with Crippen LogP contribution in [0.3, 0.4) is 0 Å². The average molecular weight is 236 g/mol. The molecule has 0 heterocycles. The molecule has 0 spiro atoms. The molecule has 0 amide bonds. The van der Waals surface area contributed by atoms with E-state index in [-0.39, 0.29) is 17.3 Å². The van der Waals surface area contributed by atoms with Crippen LogP contribution in [0.15, 0.2) is 24.0 Å². The fourth-order valence-electron chi connectivity index (χ4n) is 1.87. The van der Waals surface area contributed by atoms with Gasteiger partial charge in [-0.3, -0.25) is 4.79 Å². The summed E-state index contributed by atoms with van der Waals surface area (Å²) in [7, 11) is 0. The summed E-state index contributed by atoms with van der Waals surface area (Å²) in [4.78, 5) is 11.7. The lowest BCUT2D eigenvalue weighted by Crippen LogP contribution is -2.25. The van der Waals surface area contributed by atoms with Crippen molar-refractivity contribution in [1.29, 1.82) is 0 Å². The topological polar surface area (TPSA) is 26.3 Å². The highest BCUT2D eigenvalue weighted by atomic mass is 16.5. The maximum Gasteiger partial charge on any atom is 0.310 e. The lowest BCUT2D eigenvalue weighted by atomic mass is 9.76. The minimum absolute atomic E-state index is 0.0633. The molecule has 0 aromatic rings. The van der Waals surface area contributed by atoms with Crippen LogP contribution in [0, 0.1) is 11.3 Å². The molecule has 1 atom stereocenters. The van der Waals surface area contributed by atoms with E-state index in [1.165, 1.54) is 0 Å². The Morgan fingerprint density at radius 2 is 2.12 bits per heavy atom. The van der Waals surface area contributed by atoms with Crippen LogP contribution in [0.1, 0.15) is 53.4 Å². The van der Waals surface area contributed by atoms with E-state index in [4.69, 9.17) is 4.74 Å².